The van der Waals surface area contributed by atoms with E-state index in [1.807, 2.05) is 49.5 Å². The minimum absolute atomic E-state index is 0.199. The van der Waals surface area contributed by atoms with E-state index in [0.29, 0.717) is 6.42 Å². The summed E-state index contributed by atoms with van der Waals surface area (Å²) in [6, 6.07) is 13.9. The Hall–Kier alpha value is -3.08. The zero-order valence-electron chi connectivity index (χ0n) is 14.1. The number of carbonyl (C=O) groups excluding carboxylic acids is 1. The Balaban J connectivity index is 1.87. The van der Waals surface area contributed by atoms with Crippen molar-refractivity contribution in [2.75, 3.05) is 17.7 Å². The fourth-order valence-corrected chi connectivity index (χ4v) is 3.33. The molecule has 0 radical (unpaired) electrons. The van der Waals surface area contributed by atoms with Gasteiger partial charge in [-0.15, -0.1) is 0 Å². The van der Waals surface area contributed by atoms with Crippen LogP contribution in [-0.4, -0.2) is 22.8 Å². The van der Waals surface area contributed by atoms with Crippen LogP contribution in [0.3, 0.4) is 0 Å². The second kappa shape index (κ2) is 6.43. The number of H-pyrrole nitrogens is 1. The Kier molecular flexibility index (Phi) is 3.98. The maximum absolute atomic E-state index is 12.6. The highest BCUT2D eigenvalue weighted by Gasteiger charge is 2.27. The molecule has 3 N–H and O–H groups in total. The van der Waals surface area contributed by atoms with Crippen molar-refractivity contribution >= 4 is 23.0 Å². The summed E-state index contributed by atoms with van der Waals surface area (Å²) in [6.07, 6.45) is 4.17. The van der Waals surface area contributed by atoms with Gasteiger partial charge in [0.15, 0.2) is 5.78 Å². The molecule has 1 aliphatic carbocycles. The third kappa shape index (κ3) is 2.89. The van der Waals surface area contributed by atoms with Crippen LogP contribution in [0.1, 0.15) is 28.9 Å². The minimum atomic E-state index is 0.199. The van der Waals surface area contributed by atoms with Gasteiger partial charge in [0.05, 0.1) is 16.9 Å². The van der Waals surface area contributed by atoms with Crippen molar-refractivity contribution in [3.63, 3.8) is 0 Å². The lowest BCUT2D eigenvalue weighted by atomic mass is 9.95. The molecule has 0 spiro atoms. The molecule has 126 valence electrons. The summed E-state index contributed by atoms with van der Waals surface area (Å²) in [5.41, 5.74) is 5.58. The number of fused-ring (bicyclic) bond motifs is 1. The average molecular weight is 332 g/mol. The Bertz CT molecular complexity index is 915. The van der Waals surface area contributed by atoms with Crippen LogP contribution in [0.5, 0.6) is 0 Å². The van der Waals surface area contributed by atoms with E-state index < -0.39 is 0 Å². The Morgan fingerprint density at radius 2 is 1.96 bits per heavy atom. The van der Waals surface area contributed by atoms with Gasteiger partial charge in [-0.3, -0.25) is 4.79 Å². The molecule has 0 bridgehead atoms. The number of nitrogens with zero attached hydrogens (tertiary/aromatic N) is 1. The first-order valence-corrected chi connectivity index (χ1v) is 8.50. The highest BCUT2D eigenvalue weighted by atomic mass is 16.1. The largest absolute Gasteiger partial charge is 0.373 e. The molecule has 5 heteroatoms. The van der Waals surface area contributed by atoms with Crippen molar-refractivity contribution in [1.29, 1.82) is 0 Å². The van der Waals surface area contributed by atoms with E-state index >= 15 is 0 Å². The molecule has 0 unspecified atom stereocenters. The molecule has 3 aromatic rings. The molecule has 0 atom stereocenters. The molecule has 1 aliphatic rings. The number of aromatic amines is 1. The summed E-state index contributed by atoms with van der Waals surface area (Å²) in [4.78, 5) is 20.3. The SMILES string of the molecule is CNc1cc(-c2[nH]c3c(c2Nc2ccccc2)C(=O)CCC3)ccn1. The van der Waals surface area contributed by atoms with Gasteiger partial charge in [0.25, 0.3) is 0 Å². The van der Waals surface area contributed by atoms with Gasteiger partial charge in [-0.05, 0) is 37.1 Å². The van der Waals surface area contributed by atoms with E-state index in [-0.39, 0.29) is 5.78 Å². The summed E-state index contributed by atoms with van der Waals surface area (Å²) >= 11 is 0. The van der Waals surface area contributed by atoms with Crippen LogP contribution in [0.15, 0.2) is 48.7 Å². The number of anilines is 3. The monoisotopic (exact) mass is 332 g/mol. The zero-order valence-corrected chi connectivity index (χ0v) is 14.1. The Labute approximate surface area is 146 Å². The van der Waals surface area contributed by atoms with Crippen LogP contribution in [0.2, 0.25) is 0 Å². The molecule has 5 nitrogen and oxygen atoms in total. The van der Waals surface area contributed by atoms with E-state index in [9.17, 15) is 4.79 Å². The molecular weight excluding hydrogens is 312 g/mol. The number of pyridine rings is 1. The van der Waals surface area contributed by atoms with Crippen molar-refractivity contribution in [2.45, 2.75) is 19.3 Å². The first-order chi connectivity index (χ1) is 12.3. The van der Waals surface area contributed by atoms with Gasteiger partial charge in [0.1, 0.15) is 5.82 Å². The van der Waals surface area contributed by atoms with Crippen LogP contribution in [0.25, 0.3) is 11.3 Å². The fraction of sp³-hybridized carbons (Fsp3) is 0.200. The van der Waals surface area contributed by atoms with E-state index in [2.05, 4.69) is 20.6 Å². The number of Topliss-reactive ketones (excluding diaryl/α,β-unsaturated/α-hetero) is 1. The van der Waals surface area contributed by atoms with Gasteiger partial charge in [-0.25, -0.2) is 4.98 Å². The number of hydrogen-bond donors (Lipinski definition) is 3. The summed E-state index contributed by atoms with van der Waals surface area (Å²) in [6.45, 7) is 0. The summed E-state index contributed by atoms with van der Waals surface area (Å²) < 4.78 is 0. The van der Waals surface area contributed by atoms with Crippen LogP contribution in [0, 0.1) is 0 Å². The fourth-order valence-electron chi connectivity index (χ4n) is 3.33. The number of aryl methyl sites for hydroxylation is 1. The molecule has 4 rings (SSSR count). The first-order valence-electron chi connectivity index (χ1n) is 8.50. The topological polar surface area (TPSA) is 69.8 Å². The van der Waals surface area contributed by atoms with Gasteiger partial charge in [0.2, 0.25) is 0 Å². The van der Waals surface area contributed by atoms with Crippen LogP contribution >= 0.6 is 0 Å². The average Bonchev–Trinajstić information content (AvgIpc) is 3.02. The minimum Gasteiger partial charge on any atom is -0.373 e. The lowest BCUT2D eigenvalue weighted by Crippen LogP contribution is -2.10. The molecule has 1 aromatic carbocycles. The molecule has 0 saturated heterocycles. The van der Waals surface area contributed by atoms with Crippen LogP contribution in [-0.2, 0) is 6.42 Å². The number of ketones is 1. The van der Waals surface area contributed by atoms with Crippen molar-refractivity contribution < 1.29 is 4.79 Å². The smallest absolute Gasteiger partial charge is 0.166 e. The highest BCUT2D eigenvalue weighted by Crippen LogP contribution is 2.38. The number of aromatic nitrogens is 2. The maximum Gasteiger partial charge on any atom is 0.166 e. The quantitative estimate of drug-likeness (QED) is 0.663. The number of benzene rings is 1. The van der Waals surface area contributed by atoms with Gasteiger partial charge in [-0.2, -0.15) is 0 Å². The lowest BCUT2D eigenvalue weighted by Gasteiger charge is -2.13. The van der Waals surface area contributed by atoms with Crippen molar-refractivity contribution in [3.05, 3.63) is 59.9 Å². The second-order valence-corrected chi connectivity index (χ2v) is 6.18. The first kappa shape index (κ1) is 15.4. The second-order valence-electron chi connectivity index (χ2n) is 6.18. The van der Waals surface area contributed by atoms with Gasteiger partial charge in [-0.1, -0.05) is 18.2 Å². The number of para-hydroxylation sites is 1. The molecule has 0 aliphatic heterocycles. The normalized spacial score (nSPS) is 13.4. The number of carbonyl (C=O) groups is 1. The van der Waals surface area contributed by atoms with Crippen molar-refractivity contribution in [1.82, 2.24) is 9.97 Å². The van der Waals surface area contributed by atoms with Crippen LogP contribution < -0.4 is 10.6 Å². The Morgan fingerprint density at radius 1 is 1.12 bits per heavy atom. The summed E-state index contributed by atoms with van der Waals surface area (Å²) in [5.74, 6) is 0.993. The molecule has 0 fully saturated rings. The van der Waals surface area contributed by atoms with Gasteiger partial charge >= 0.3 is 0 Å². The zero-order chi connectivity index (χ0) is 17.2. The van der Waals surface area contributed by atoms with Gasteiger partial charge < -0.3 is 15.6 Å². The van der Waals surface area contributed by atoms with Gasteiger partial charge in [0, 0.05) is 36.6 Å². The number of rotatable bonds is 4. The predicted octanol–water partition coefficient (Wildman–Crippen LogP) is 4.38. The summed E-state index contributed by atoms with van der Waals surface area (Å²) in [5, 5.41) is 6.52. The van der Waals surface area contributed by atoms with Crippen LogP contribution in [0.4, 0.5) is 17.2 Å². The number of nitrogens with one attached hydrogen (secondary N) is 3. The standard InChI is InChI=1S/C20H20N4O/c1-21-17-12-13(10-11-22-17)19-20(23-14-6-3-2-4-7-14)18-15(24-19)8-5-9-16(18)25/h2-4,6-7,10-12,23-24H,5,8-9H2,1H3,(H,21,22). The highest BCUT2D eigenvalue weighted by molar-refractivity contribution is 6.07. The lowest BCUT2D eigenvalue weighted by molar-refractivity contribution is 0.0973. The van der Waals surface area contributed by atoms with E-state index in [4.69, 9.17) is 0 Å². The predicted molar refractivity (Wildman–Crippen MR) is 101 cm³/mol. The summed E-state index contributed by atoms with van der Waals surface area (Å²) in [7, 11) is 1.85. The third-order valence-electron chi connectivity index (χ3n) is 4.53. The van der Waals surface area contributed by atoms with E-state index in [0.717, 1.165) is 52.5 Å². The Morgan fingerprint density at radius 3 is 2.76 bits per heavy atom. The van der Waals surface area contributed by atoms with Crippen molar-refractivity contribution in [2.24, 2.45) is 0 Å². The van der Waals surface area contributed by atoms with E-state index in [1.54, 1.807) is 6.20 Å². The number of hydrogen-bond acceptors (Lipinski definition) is 4. The maximum atomic E-state index is 12.6. The third-order valence-corrected chi connectivity index (χ3v) is 4.53. The molecule has 0 amide bonds. The molecule has 2 aromatic heterocycles. The molecule has 0 saturated carbocycles. The molecular formula is C20H20N4O. The molecule has 25 heavy (non-hydrogen) atoms. The van der Waals surface area contributed by atoms with Crippen molar-refractivity contribution in [3.8, 4) is 11.3 Å². The van der Waals surface area contributed by atoms with E-state index in [1.165, 1.54) is 0 Å². The molecule has 2 heterocycles.